The number of nitrogens with two attached hydrogens (primary N) is 1. The Morgan fingerprint density at radius 1 is 0.952 bits per heavy atom. The number of nitrogens with zero attached hydrogens (tertiary/aromatic N) is 2. The molecule has 0 unspecified atom stereocenters. The van der Waals surface area contributed by atoms with Crippen molar-refractivity contribution in [2.75, 3.05) is 17.6 Å². The SMILES string of the molecule is CCCCCCCCCCCCNc1cc(Cl)nc(N)n1. The van der Waals surface area contributed by atoms with Crippen molar-refractivity contribution in [1.29, 1.82) is 0 Å². The standard InChI is InChI=1S/C16H29ClN4/c1-2-3-4-5-6-7-8-9-10-11-12-19-15-13-14(17)20-16(18)21-15/h13H,2-12H2,1H3,(H3,18,19,20,21). The quantitative estimate of drug-likeness (QED) is 0.419. The van der Waals surface area contributed by atoms with E-state index in [2.05, 4.69) is 22.2 Å². The summed E-state index contributed by atoms with van der Waals surface area (Å²) in [5.41, 5.74) is 5.54. The van der Waals surface area contributed by atoms with E-state index in [4.69, 9.17) is 17.3 Å². The largest absolute Gasteiger partial charge is 0.370 e. The summed E-state index contributed by atoms with van der Waals surface area (Å²) in [7, 11) is 0. The van der Waals surface area contributed by atoms with Crippen LogP contribution in [0.5, 0.6) is 0 Å². The third-order valence-corrected chi connectivity index (χ3v) is 3.74. The number of aromatic nitrogens is 2. The molecule has 0 radical (unpaired) electrons. The molecule has 120 valence electrons. The summed E-state index contributed by atoms with van der Waals surface area (Å²) in [5, 5.41) is 3.62. The van der Waals surface area contributed by atoms with Crippen LogP contribution in [0.15, 0.2) is 6.07 Å². The van der Waals surface area contributed by atoms with Gasteiger partial charge in [-0.05, 0) is 6.42 Å². The fraction of sp³-hybridized carbons (Fsp3) is 0.750. The number of unbranched alkanes of at least 4 members (excludes halogenated alkanes) is 9. The van der Waals surface area contributed by atoms with Gasteiger partial charge in [-0.25, -0.2) is 4.98 Å². The second-order valence-corrected chi connectivity index (χ2v) is 5.93. The Morgan fingerprint density at radius 3 is 2.10 bits per heavy atom. The van der Waals surface area contributed by atoms with Crippen LogP contribution in [0.1, 0.15) is 71.1 Å². The first kappa shape index (κ1) is 18.0. The number of halogens is 1. The maximum absolute atomic E-state index is 5.82. The highest BCUT2D eigenvalue weighted by Crippen LogP contribution is 2.13. The molecule has 0 saturated carbocycles. The minimum absolute atomic E-state index is 0.216. The van der Waals surface area contributed by atoms with Crippen LogP contribution < -0.4 is 11.1 Å². The molecule has 0 fully saturated rings. The molecular weight excluding hydrogens is 284 g/mol. The minimum atomic E-state index is 0.216. The Hall–Kier alpha value is -1.03. The van der Waals surface area contributed by atoms with Crippen molar-refractivity contribution in [2.45, 2.75) is 71.1 Å². The lowest BCUT2D eigenvalue weighted by Crippen LogP contribution is -2.05. The first-order valence-corrected chi connectivity index (χ1v) is 8.64. The molecule has 0 bridgehead atoms. The van der Waals surface area contributed by atoms with Gasteiger partial charge in [0.2, 0.25) is 5.95 Å². The van der Waals surface area contributed by atoms with Crippen LogP contribution in [0, 0.1) is 0 Å². The smallest absolute Gasteiger partial charge is 0.223 e. The van der Waals surface area contributed by atoms with E-state index in [-0.39, 0.29) is 5.95 Å². The van der Waals surface area contributed by atoms with E-state index >= 15 is 0 Å². The Bertz CT molecular complexity index is 364. The average molecular weight is 313 g/mol. The van der Waals surface area contributed by atoms with Crippen molar-refractivity contribution in [3.63, 3.8) is 0 Å². The second-order valence-electron chi connectivity index (χ2n) is 5.54. The summed E-state index contributed by atoms with van der Waals surface area (Å²) in [5.74, 6) is 0.927. The van der Waals surface area contributed by atoms with E-state index < -0.39 is 0 Å². The van der Waals surface area contributed by atoms with Gasteiger partial charge in [-0.1, -0.05) is 76.3 Å². The van der Waals surface area contributed by atoms with Gasteiger partial charge in [0.05, 0.1) is 0 Å². The van der Waals surface area contributed by atoms with Crippen molar-refractivity contribution in [2.24, 2.45) is 0 Å². The van der Waals surface area contributed by atoms with Crippen molar-refractivity contribution < 1.29 is 0 Å². The van der Waals surface area contributed by atoms with Gasteiger partial charge in [0, 0.05) is 12.6 Å². The molecule has 0 aliphatic rings. The Labute approximate surface area is 133 Å². The van der Waals surface area contributed by atoms with Gasteiger partial charge in [0.25, 0.3) is 0 Å². The maximum atomic E-state index is 5.82. The van der Waals surface area contributed by atoms with Gasteiger partial charge in [-0.2, -0.15) is 4.98 Å². The zero-order chi connectivity index (χ0) is 15.3. The normalized spacial score (nSPS) is 10.8. The molecule has 0 spiro atoms. The van der Waals surface area contributed by atoms with E-state index in [1.54, 1.807) is 6.07 Å². The van der Waals surface area contributed by atoms with E-state index in [9.17, 15) is 0 Å². The molecule has 1 rings (SSSR count). The highest BCUT2D eigenvalue weighted by Gasteiger charge is 1.99. The molecule has 3 N–H and O–H groups in total. The monoisotopic (exact) mass is 312 g/mol. The summed E-state index contributed by atoms with van der Waals surface area (Å²) in [6.07, 6.45) is 13.4. The van der Waals surface area contributed by atoms with Crippen LogP contribution in [0.25, 0.3) is 0 Å². The molecule has 1 aromatic heterocycles. The number of rotatable bonds is 12. The lowest BCUT2D eigenvalue weighted by molar-refractivity contribution is 0.560. The summed E-state index contributed by atoms with van der Waals surface area (Å²) in [6.45, 7) is 3.17. The zero-order valence-corrected chi connectivity index (χ0v) is 14.0. The fourth-order valence-electron chi connectivity index (χ4n) is 2.35. The average Bonchev–Trinajstić information content (AvgIpc) is 2.44. The number of nitrogen functional groups attached to an aromatic ring is 1. The summed E-state index contributed by atoms with van der Waals surface area (Å²) >= 11 is 5.82. The molecular formula is C16H29ClN4. The van der Waals surface area contributed by atoms with Crippen molar-refractivity contribution in [1.82, 2.24) is 9.97 Å². The van der Waals surface area contributed by atoms with Crippen molar-refractivity contribution in [3.05, 3.63) is 11.2 Å². The summed E-state index contributed by atoms with van der Waals surface area (Å²) in [4.78, 5) is 7.92. The van der Waals surface area contributed by atoms with Crippen LogP contribution in [-0.4, -0.2) is 16.5 Å². The fourth-order valence-corrected chi connectivity index (χ4v) is 2.54. The topological polar surface area (TPSA) is 63.8 Å². The number of hydrogen-bond acceptors (Lipinski definition) is 4. The maximum Gasteiger partial charge on any atom is 0.223 e. The molecule has 0 aliphatic carbocycles. The highest BCUT2D eigenvalue weighted by molar-refractivity contribution is 6.29. The molecule has 5 heteroatoms. The van der Waals surface area contributed by atoms with Gasteiger partial charge in [0.15, 0.2) is 0 Å². The molecule has 4 nitrogen and oxygen atoms in total. The molecule has 0 saturated heterocycles. The Morgan fingerprint density at radius 2 is 1.52 bits per heavy atom. The number of anilines is 2. The summed E-state index contributed by atoms with van der Waals surface area (Å²) in [6, 6.07) is 1.70. The van der Waals surface area contributed by atoms with Crippen LogP contribution in [-0.2, 0) is 0 Å². The molecule has 0 aromatic carbocycles. The van der Waals surface area contributed by atoms with Gasteiger partial charge in [0.1, 0.15) is 11.0 Å². The molecule has 0 aliphatic heterocycles. The predicted octanol–water partition coefficient (Wildman–Crippen LogP) is 5.05. The number of hydrogen-bond donors (Lipinski definition) is 2. The highest BCUT2D eigenvalue weighted by atomic mass is 35.5. The van der Waals surface area contributed by atoms with Gasteiger partial charge in [-0.3, -0.25) is 0 Å². The molecule has 21 heavy (non-hydrogen) atoms. The molecule has 0 atom stereocenters. The first-order chi connectivity index (χ1) is 10.2. The lowest BCUT2D eigenvalue weighted by Gasteiger charge is -2.06. The zero-order valence-electron chi connectivity index (χ0n) is 13.2. The number of nitrogens with one attached hydrogen (secondary N) is 1. The van der Waals surface area contributed by atoms with E-state index in [0.717, 1.165) is 13.0 Å². The van der Waals surface area contributed by atoms with Crippen LogP contribution in [0.2, 0.25) is 5.15 Å². The molecule has 1 heterocycles. The van der Waals surface area contributed by atoms with Gasteiger partial charge >= 0.3 is 0 Å². The van der Waals surface area contributed by atoms with Crippen LogP contribution in [0.4, 0.5) is 11.8 Å². The second kappa shape index (κ2) is 11.6. The predicted molar refractivity (Wildman–Crippen MR) is 91.8 cm³/mol. The third-order valence-electron chi connectivity index (χ3n) is 3.55. The van der Waals surface area contributed by atoms with Crippen LogP contribution in [0.3, 0.4) is 0 Å². The Balaban J connectivity index is 1.93. The van der Waals surface area contributed by atoms with Crippen molar-refractivity contribution >= 4 is 23.4 Å². The van der Waals surface area contributed by atoms with Crippen LogP contribution >= 0.6 is 11.6 Å². The van der Waals surface area contributed by atoms with E-state index in [0.29, 0.717) is 11.0 Å². The Kier molecular flexibility index (Phi) is 9.96. The van der Waals surface area contributed by atoms with Gasteiger partial charge < -0.3 is 11.1 Å². The van der Waals surface area contributed by atoms with Crippen molar-refractivity contribution in [3.8, 4) is 0 Å². The van der Waals surface area contributed by atoms with E-state index in [1.807, 2.05) is 0 Å². The third kappa shape index (κ3) is 9.51. The van der Waals surface area contributed by atoms with Gasteiger partial charge in [-0.15, -0.1) is 0 Å². The summed E-state index contributed by atoms with van der Waals surface area (Å²) < 4.78 is 0. The first-order valence-electron chi connectivity index (χ1n) is 8.26. The molecule has 1 aromatic rings. The lowest BCUT2D eigenvalue weighted by atomic mass is 10.1. The van der Waals surface area contributed by atoms with E-state index in [1.165, 1.54) is 57.8 Å². The molecule has 0 amide bonds. The minimum Gasteiger partial charge on any atom is -0.370 e.